The normalized spacial score (nSPS) is 15.1. The fourth-order valence-electron chi connectivity index (χ4n) is 3.92. The summed E-state index contributed by atoms with van der Waals surface area (Å²) >= 11 is 0. The zero-order valence-electron chi connectivity index (χ0n) is 16.5. The summed E-state index contributed by atoms with van der Waals surface area (Å²) in [7, 11) is 0. The summed E-state index contributed by atoms with van der Waals surface area (Å²) in [5.74, 6) is 0.0875. The van der Waals surface area contributed by atoms with Gasteiger partial charge in [-0.3, -0.25) is 9.69 Å². The number of carbonyl (C=O) groups is 1. The molecule has 0 radical (unpaired) electrons. The van der Waals surface area contributed by atoms with Crippen LogP contribution in [0.15, 0.2) is 97.1 Å². The predicted octanol–water partition coefficient (Wildman–Crippen LogP) is 4.63. The van der Waals surface area contributed by atoms with E-state index < -0.39 is 0 Å². The van der Waals surface area contributed by atoms with Gasteiger partial charge in [0, 0.05) is 32.3 Å². The van der Waals surface area contributed by atoms with Crippen molar-refractivity contribution in [1.82, 2.24) is 9.80 Å². The fraction of sp³-hybridized carbons (Fsp3) is 0.192. The molecule has 3 heteroatoms. The highest BCUT2D eigenvalue weighted by atomic mass is 16.2. The second-order valence-electron chi connectivity index (χ2n) is 7.33. The minimum absolute atomic E-state index is 0.0875. The number of piperazine rings is 1. The molecule has 3 nitrogen and oxygen atoms in total. The quantitative estimate of drug-likeness (QED) is 0.601. The van der Waals surface area contributed by atoms with Crippen molar-refractivity contribution in [1.29, 1.82) is 0 Å². The zero-order valence-corrected chi connectivity index (χ0v) is 16.5. The number of rotatable bonds is 5. The van der Waals surface area contributed by atoms with Crippen LogP contribution in [0.1, 0.15) is 22.7 Å². The Bertz CT molecular complexity index is 891. The molecule has 0 spiro atoms. The van der Waals surface area contributed by atoms with Crippen molar-refractivity contribution >= 4 is 12.0 Å². The van der Waals surface area contributed by atoms with Crippen LogP contribution in [0.4, 0.5) is 0 Å². The summed E-state index contributed by atoms with van der Waals surface area (Å²) in [6.45, 7) is 3.21. The van der Waals surface area contributed by atoms with Crippen LogP contribution in [-0.4, -0.2) is 41.9 Å². The van der Waals surface area contributed by atoms with E-state index in [0.717, 1.165) is 31.7 Å². The summed E-state index contributed by atoms with van der Waals surface area (Å²) in [5, 5.41) is 0. The van der Waals surface area contributed by atoms with E-state index in [4.69, 9.17) is 0 Å². The van der Waals surface area contributed by atoms with E-state index in [0.29, 0.717) is 0 Å². The highest BCUT2D eigenvalue weighted by Crippen LogP contribution is 2.29. The van der Waals surface area contributed by atoms with Crippen LogP contribution in [0.5, 0.6) is 0 Å². The molecule has 0 aromatic heterocycles. The average Bonchev–Trinajstić information content (AvgIpc) is 2.80. The Kier molecular flexibility index (Phi) is 6.18. The third-order valence-corrected chi connectivity index (χ3v) is 5.44. The molecular weight excluding hydrogens is 356 g/mol. The van der Waals surface area contributed by atoms with Gasteiger partial charge in [-0.1, -0.05) is 91.0 Å². The van der Waals surface area contributed by atoms with Crippen molar-refractivity contribution < 1.29 is 4.79 Å². The van der Waals surface area contributed by atoms with Gasteiger partial charge in [-0.05, 0) is 22.8 Å². The van der Waals surface area contributed by atoms with Crippen LogP contribution >= 0.6 is 0 Å². The highest BCUT2D eigenvalue weighted by molar-refractivity contribution is 5.91. The number of carbonyl (C=O) groups excluding carboxylic acids is 1. The molecule has 0 saturated carbocycles. The molecule has 1 aliphatic rings. The molecule has 1 amide bonds. The largest absolute Gasteiger partial charge is 0.337 e. The van der Waals surface area contributed by atoms with Crippen molar-refractivity contribution in [2.75, 3.05) is 26.2 Å². The van der Waals surface area contributed by atoms with Crippen molar-refractivity contribution in [3.8, 4) is 0 Å². The summed E-state index contributed by atoms with van der Waals surface area (Å²) in [6, 6.07) is 31.4. The molecule has 0 atom stereocenters. The number of hydrogen-bond acceptors (Lipinski definition) is 2. The van der Waals surface area contributed by atoms with Gasteiger partial charge in [-0.15, -0.1) is 0 Å². The van der Waals surface area contributed by atoms with E-state index in [1.807, 2.05) is 41.3 Å². The molecule has 1 heterocycles. The van der Waals surface area contributed by atoms with Gasteiger partial charge in [0.25, 0.3) is 0 Å². The van der Waals surface area contributed by atoms with Crippen molar-refractivity contribution in [3.05, 3.63) is 114 Å². The summed E-state index contributed by atoms with van der Waals surface area (Å²) < 4.78 is 0. The van der Waals surface area contributed by atoms with Crippen LogP contribution in [-0.2, 0) is 4.79 Å². The molecule has 1 saturated heterocycles. The first-order valence-electron chi connectivity index (χ1n) is 10.2. The van der Waals surface area contributed by atoms with Crippen molar-refractivity contribution in [3.63, 3.8) is 0 Å². The molecular formula is C26H26N2O. The van der Waals surface area contributed by atoms with Gasteiger partial charge in [-0.25, -0.2) is 0 Å². The monoisotopic (exact) mass is 382 g/mol. The van der Waals surface area contributed by atoms with E-state index in [1.165, 1.54) is 11.1 Å². The molecule has 1 fully saturated rings. The van der Waals surface area contributed by atoms with E-state index in [-0.39, 0.29) is 11.9 Å². The van der Waals surface area contributed by atoms with Gasteiger partial charge in [0.05, 0.1) is 6.04 Å². The molecule has 0 bridgehead atoms. The summed E-state index contributed by atoms with van der Waals surface area (Å²) in [6.07, 6.45) is 3.59. The van der Waals surface area contributed by atoms with Crippen molar-refractivity contribution in [2.24, 2.45) is 0 Å². The first-order valence-corrected chi connectivity index (χ1v) is 10.2. The summed E-state index contributed by atoms with van der Waals surface area (Å²) in [5.41, 5.74) is 3.64. The molecule has 0 unspecified atom stereocenters. The van der Waals surface area contributed by atoms with Crippen LogP contribution in [0, 0.1) is 0 Å². The van der Waals surface area contributed by atoms with E-state index >= 15 is 0 Å². The van der Waals surface area contributed by atoms with Crippen molar-refractivity contribution in [2.45, 2.75) is 6.04 Å². The van der Waals surface area contributed by atoms with Crippen LogP contribution in [0.2, 0.25) is 0 Å². The minimum atomic E-state index is 0.0875. The fourth-order valence-corrected chi connectivity index (χ4v) is 3.92. The van der Waals surface area contributed by atoms with E-state index in [2.05, 4.69) is 65.6 Å². The lowest BCUT2D eigenvalue weighted by Gasteiger charge is -2.39. The van der Waals surface area contributed by atoms with Gasteiger partial charge in [0.1, 0.15) is 0 Å². The molecule has 1 aliphatic heterocycles. The number of hydrogen-bond donors (Lipinski definition) is 0. The molecule has 146 valence electrons. The SMILES string of the molecule is O=C(C=Cc1ccccc1)N1CCN(C(c2ccccc2)c2ccccc2)CC1. The Balaban J connectivity index is 1.44. The molecule has 4 rings (SSSR count). The number of benzene rings is 3. The molecule has 29 heavy (non-hydrogen) atoms. The Morgan fingerprint density at radius 1 is 0.690 bits per heavy atom. The molecule has 3 aromatic rings. The van der Waals surface area contributed by atoms with Gasteiger partial charge >= 0.3 is 0 Å². The Morgan fingerprint density at radius 2 is 1.17 bits per heavy atom. The minimum Gasteiger partial charge on any atom is -0.337 e. The second-order valence-corrected chi connectivity index (χ2v) is 7.33. The first kappa shape index (κ1) is 19.2. The van der Waals surface area contributed by atoms with Crippen LogP contribution in [0.3, 0.4) is 0 Å². The van der Waals surface area contributed by atoms with E-state index in [1.54, 1.807) is 6.08 Å². The maximum absolute atomic E-state index is 12.6. The van der Waals surface area contributed by atoms with Gasteiger partial charge in [-0.2, -0.15) is 0 Å². The maximum atomic E-state index is 12.6. The highest BCUT2D eigenvalue weighted by Gasteiger charge is 2.27. The number of amides is 1. The van der Waals surface area contributed by atoms with Gasteiger partial charge in [0.15, 0.2) is 0 Å². The number of nitrogens with zero attached hydrogens (tertiary/aromatic N) is 2. The van der Waals surface area contributed by atoms with E-state index in [9.17, 15) is 4.79 Å². The zero-order chi connectivity index (χ0) is 19.9. The standard InChI is InChI=1S/C26H26N2O/c29-25(17-16-22-10-4-1-5-11-22)27-18-20-28(21-19-27)26(23-12-6-2-7-13-23)24-14-8-3-9-15-24/h1-17,26H,18-21H2. The maximum Gasteiger partial charge on any atom is 0.246 e. The van der Waals surface area contributed by atoms with Gasteiger partial charge in [0.2, 0.25) is 5.91 Å². The lowest BCUT2D eigenvalue weighted by Crippen LogP contribution is -2.49. The third-order valence-electron chi connectivity index (χ3n) is 5.44. The third kappa shape index (κ3) is 4.82. The first-order chi connectivity index (χ1) is 14.3. The molecule has 0 aliphatic carbocycles. The van der Waals surface area contributed by atoms with Gasteiger partial charge < -0.3 is 4.90 Å². The Morgan fingerprint density at radius 3 is 1.69 bits per heavy atom. The predicted molar refractivity (Wildman–Crippen MR) is 118 cm³/mol. The smallest absolute Gasteiger partial charge is 0.246 e. The summed E-state index contributed by atoms with van der Waals surface area (Å²) in [4.78, 5) is 17.0. The lowest BCUT2D eigenvalue weighted by atomic mass is 9.96. The topological polar surface area (TPSA) is 23.6 Å². The second kappa shape index (κ2) is 9.35. The average molecular weight is 383 g/mol. The van der Waals surface area contributed by atoms with Crippen LogP contribution < -0.4 is 0 Å². The molecule has 0 N–H and O–H groups in total. The molecule has 3 aromatic carbocycles. The Labute approximate surface area is 172 Å². The Hall–Kier alpha value is -3.17. The lowest BCUT2D eigenvalue weighted by molar-refractivity contribution is -0.127. The van der Waals surface area contributed by atoms with Crippen LogP contribution in [0.25, 0.3) is 6.08 Å².